The van der Waals surface area contributed by atoms with Gasteiger partial charge in [-0.25, -0.2) is 4.39 Å². The van der Waals surface area contributed by atoms with Crippen LogP contribution in [0.15, 0.2) is 91.3 Å². The van der Waals surface area contributed by atoms with E-state index in [0.29, 0.717) is 12.0 Å². The highest BCUT2D eigenvalue weighted by Gasteiger charge is 2.35. The minimum absolute atomic E-state index is 0.136. The monoisotopic (exact) mass is 364 g/mol. The zero-order valence-electron chi connectivity index (χ0n) is 16.4. The van der Waals surface area contributed by atoms with E-state index >= 15 is 4.39 Å². The van der Waals surface area contributed by atoms with E-state index in [1.807, 2.05) is 75.4 Å². The molecule has 0 spiro atoms. The molecule has 2 nitrogen and oxygen atoms in total. The average molecular weight is 365 g/mol. The lowest BCUT2D eigenvalue weighted by molar-refractivity contribution is 0.0944. The average Bonchev–Trinajstić information content (AvgIpc) is 2.70. The van der Waals surface area contributed by atoms with E-state index in [2.05, 4.69) is 23.8 Å². The summed E-state index contributed by atoms with van der Waals surface area (Å²) in [5.41, 5.74) is 2.44. The molecule has 2 rings (SSSR count). The van der Waals surface area contributed by atoms with Gasteiger partial charge in [0, 0.05) is 16.9 Å². The third-order valence-corrected chi connectivity index (χ3v) is 4.83. The Labute approximate surface area is 162 Å². The molecule has 2 N–H and O–H groups in total. The number of alkyl halides is 1. The van der Waals surface area contributed by atoms with Gasteiger partial charge in [-0.15, -0.1) is 0 Å². The Kier molecular flexibility index (Phi) is 7.00. The highest BCUT2D eigenvalue weighted by Crippen LogP contribution is 2.41. The first kappa shape index (κ1) is 20.5. The van der Waals surface area contributed by atoms with Gasteiger partial charge >= 0.3 is 0 Å². The van der Waals surface area contributed by atoms with Crippen LogP contribution in [-0.4, -0.2) is 0 Å². The molecule has 0 radical (unpaired) electrons. The van der Waals surface area contributed by atoms with E-state index in [9.17, 15) is 0 Å². The number of rotatable bonds is 9. The number of hydrogen-bond donors (Lipinski definition) is 2. The minimum Gasteiger partial charge on any atom is -0.354 e. The second kappa shape index (κ2) is 9.22. The van der Waals surface area contributed by atoms with Crippen LogP contribution in [0.4, 0.5) is 15.8 Å². The molecule has 0 aliphatic carbocycles. The molecule has 0 saturated heterocycles. The normalized spacial score (nSPS) is 14.1. The van der Waals surface area contributed by atoms with Crippen molar-refractivity contribution in [3.05, 3.63) is 96.9 Å². The molecule has 0 aliphatic rings. The van der Waals surface area contributed by atoms with Crippen molar-refractivity contribution in [1.29, 1.82) is 0 Å². The lowest BCUT2D eigenvalue weighted by atomic mass is 9.82. The molecule has 1 unspecified atom stereocenters. The Morgan fingerprint density at radius 2 is 1.52 bits per heavy atom. The summed E-state index contributed by atoms with van der Waals surface area (Å²) in [6, 6.07) is 17.4. The molecule has 27 heavy (non-hydrogen) atoms. The summed E-state index contributed by atoms with van der Waals surface area (Å²) >= 11 is 0. The largest absolute Gasteiger partial charge is 0.354 e. The zero-order chi connectivity index (χ0) is 19.9. The van der Waals surface area contributed by atoms with Crippen LogP contribution in [0.3, 0.4) is 0 Å². The van der Waals surface area contributed by atoms with Crippen molar-refractivity contribution in [3.8, 4) is 0 Å². The maximum Gasteiger partial charge on any atom is 0.140 e. The van der Waals surface area contributed by atoms with Crippen LogP contribution >= 0.6 is 0 Å². The molecule has 142 valence electrons. The summed E-state index contributed by atoms with van der Waals surface area (Å²) in [6.45, 7) is 13.5. The Hall–Kier alpha value is -2.81. The number of anilines is 2. The fourth-order valence-corrected chi connectivity index (χ4v) is 3.14. The molecule has 1 atom stereocenters. The van der Waals surface area contributed by atoms with Crippen molar-refractivity contribution in [3.63, 3.8) is 0 Å². The van der Waals surface area contributed by atoms with Crippen LogP contribution in [0.2, 0.25) is 0 Å². The van der Waals surface area contributed by atoms with Crippen molar-refractivity contribution in [2.24, 2.45) is 5.92 Å². The van der Waals surface area contributed by atoms with Crippen LogP contribution in [0.25, 0.3) is 0 Å². The van der Waals surface area contributed by atoms with E-state index in [0.717, 1.165) is 22.8 Å². The maximum absolute atomic E-state index is 15.7. The van der Waals surface area contributed by atoms with E-state index in [1.54, 1.807) is 12.2 Å². The molecule has 0 fully saturated rings. The third kappa shape index (κ3) is 4.68. The quantitative estimate of drug-likeness (QED) is 0.467. The molecule has 0 aliphatic heterocycles. The van der Waals surface area contributed by atoms with E-state index in [1.165, 1.54) is 0 Å². The molecule has 0 amide bonds. The van der Waals surface area contributed by atoms with Crippen LogP contribution in [0.5, 0.6) is 0 Å². The second-order valence-electron chi connectivity index (χ2n) is 6.77. The summed E-state index contributed by atoms with van der Waals surface area (Å²) in [5, 5.41) is 6.68. The van der Waals surface area contributed by atoms with Gasteiger partial charge in [-0.1, -0.05) is 70.3 Å². The molecule has 0 aromatic heterocycles. The van der Waals surface area contributed by atoms with Gasteiger partial charge in [-0.2, -0.15) is 0 Å². The molecule has 2 aromatic carbocycles. The van der Waals surface area contributed by atoms with Crippen molar-refractivity contribution in [1.82, 2.24) is 0 Å². The number of nitrogens with one attached hydrogen (secondary N) is 2. The Morgan fingerprint density at radius 1 is 0.963 bits per heavy atom. The molecule has 2 aromatic rings. The predicted octanol–water partition coefficient (Wildman–Crippen LogP) is 7.03. The molecule has 3 heteroatoms. The fraction of sp³-hybridized carbons (Fsp3) is 0.250. The van der Waals surface area contributed by atoms with Crippen molar-refractivity contribution >= 4 is 11.4 Å². The van der Waals surface area contributed by atoms with Gasteiger partial charge in [0.25, 0.3) is 0 Å². The van der Waals surface area contributed by atoms with E-state index < -0.39 is 5.67 Å². The highest BCUT2D eigenvalue weighted by molar-refractivity contribution is 5.62. The van der Waals surface area contributed by atoms with Gasteiger partial charge in [0.15, 0.2) is 0 Å². The number of hydrogen-bond acceptors (Lipinski definition) is 2. The zero-order valence-corrected chi connectivity index (χ0v) is 16.4. The molecular weight excluding hydrogens is 335 g/mol. The number of halogens is 1. The van der Waals surface area contributed by atoms with Crippen molar-refractivity contribution in [2.45, 2.75) is 32.9 Å². The van der Waals surface area contributed by atoms with Gasteiger partial charge in [0.2, 0.25) is 0 Å². The number of para-hydroxylation sites is 2. The van der Waals surface area contributed by atoms with Gasteiger partial charge in [-0.05, 0) is 42.7 Å². The van der Waals surface area contributed by atoms with E-state index in [4.69, 9.17) is 0 Å². The first-order valence-corrected chi connectivity index (χ1v) is 9.32. The molecular formula is C24H29FN2. The van der Waals surface area contributed by atoms with Gasteiger partial charge in [-0.3, -0.25) is 0 Å². The lowest BCUT2D eigenvalue weighted by Crippen LogP contribution is -2.27. The first-order chi connectivity index (χ1) is 13.0. The van der Waals surface area contributed by atoms with Crippen LogP contribution < -0.4 is 10.6 Å². The Morgan fingerprint density at radius 3 is 2.07 bits per heavy atom. The molecule has 0 bridgehead atoms. The van der Waals surface area contributed by atoms with Crippen LogP contribution in [0.1, 0.15) is 32.8 Å². The SMILES string of the molecule is C=C/C(Nc1ccccc1)=C(\C=C)Nc1ccccc1C(F)(CC)C(C)C. The predicted molar refractivity (Wildman–Crippen MR) is 115 cm³/mol. The Balaban J connectivity index is 2.44. The third-order valence-electron chi connectivity index (χ3n) is 4.83. The second-order valence-corrected chi connectivity index (χ2v) is 6.77. The topological polar surface area (TPSA) is 24.1 Å². The van der Waals surface area contributed by atoms with Crippen molar-refractivity contribution in [2.75, 3.05) is 10.6 Å². The summed E-state index contributed by atoms with van der Waals surface area (Å²) in [7, 11) is 0. The van der Waals surface area contributed by atoms with Gasteiger partial charge < -0.3 is 10.6 Å². The highest BCUT2D eigenvalue weighted by atomic mass is 19.1. The van der Waals surface area contributed by atoms with Crippen molar-refractivity contribution < 1.29 is 4.39 Å². The number of benzene rings is 2. The summed E-state index contributed by atoms with van der Waals surface area (Å²) in [6.07, 6.45) is 3.85. The Bertz CT molecular complexity index is 808. The summed E-state index contributed by atoms with van der Waals surface area (Å²) in [5.74, 6) is -0.136. The first-order valence-electron chi connectivity index (χ1n) is 9.32. The van der Waals surface area contributed by atoms with Crippen LogP contribution in [-0.2, 0) is 5.67 Å². The van der Waals surface area contributed by atoms with Crippen LogP contribution in [0, 0.1) is 5.92 Å². The molecule has 0 saturated carbocycles. The van der Waals surface area contributed by atoms with Gasteiger partial charge in [0.05, 0.1) is 11.4 Å². The molecule has 0 heterocycles. The smallest absolute Gasteiger partial charge is 0.140 e. The maximum atomic E-state index is 15.7. The van der Waals surface area contributed by atoms with E-state index in [-0.39, 0.29) is 5.92 Å². The summed E-state index contributed by atoms with van der Waals surface area (Å²) < 4.78 is 15.7. The minimum atomic E-state index is -1.41. The lowest BCUT2D eigenvalue weighted by Gasteiger charge is -2.31. The number of allylic oxidation sites excluding steroid dienone is 2. The standard InChI is InChI=1S/C24H29FN2/c1-6-21(26-19-14-10-9-11-15-19)22(7-2)27-23-17-13-12-16-20(23)24(25,8-3)18(4)5/h6-7,9-18,26-27H,1-2,8H2,3-5H3/b22-21-. The summed E-state index contributed by atoms with van der Waals surface area (Å²) in [4.78, 5) is 0. The van der Waals surface area contributed by atoms with Gasteiger partial charge in [0.1, 0.15) is 5.67 Å². The fourth-order valence-electron chi connectivity index (χ4n) is 3.14.